The highest BCUT2D eigenvalue weighted by Crippen LogP contribution is 2.50. The third-order valence-electron chi connectivity index (χ3n) is 4.39. The molecule has 0 fully saturated rings. The Labute approximate surface area is 129 Å². The van der Waals surface area contributed by atoms with Crippen molar-refractivity contribution in [1.29, 1.82) is 0 Å². The van der Waals surface area contributed by atoms with Crippen molar-refractivity contribution in [2.75, 3.05) is 4.90 Å². The fourth-order valence-corrected chi connectivity index (χ4v) is 3.86. The van der Waals surface area contributed by atoms with E-state index in [4.69, 9.17) is 4.74 Å². The lowest BCUT2D eigenvalue weighted by Gasteiger charge is -2.40. The first-order chi connectivity index (χ1) is 10.0. The molecular weight excluding hydrogens is 338 g/mol. The molecule has 0 aliphatic carbocycles. The van der Waals surface area contributed by atoms with Crippen molar-refractivity contribution in [3.05, 3.63) is 39.6 Å². The van der Waals surface area contributed by atoms with E-state index in [0.717, 1.165) is 23.2 Å². The molecule has 5 nitrogen and oxygen atoms in total. The molecule has 3 unspecified atom stereocenters. The Morgan fingerprint density at radius 1 is 1.38 bits per heavy atom. The standard InChI is InChI=1S/C15H12BrNO4/c1-6-5-7-3-2-4-8-11(7)17(6)14(19)9-12(18)10(16)15(20)21-13(8)9/h2-4,6,9,13,18H,5H2,1H3. The summed E-state index contributed by atoms with van der Waals surface area (Å²) < 4.78 is 5.32. The van der Waals surface area contributed by atoms with Crippen molar-refractivity contribution < 1.29 is 19.4 Å². The third-order valence-corrected chi connectivity index (χ3v) is 5.12. The summed E-state index contributed by atoms with van der Waals surface area (Å²) in [7, 11) is 0. The Morgan fingerprint density at radius 3 is 2.90 bits per heavy atom. The molecule has 0 radical (unpaired) electrons. The first-order valence-corrected chi connectivity index (χ1v) is 7.54. The average Bonchev–Trinajstić information content (AvgIpc) is 2.79. The topological polar surface area (TPSA) is 66.8 Å². The number of carbonyl (C=O) groups is 2. The average molecular weight is 350 g/mol. The Bertz CT molecular complexity index is 726. The van der Waals surface area contributed by atoms with Gasteiger partial charge in [-0.15, -0.1) is 0 Å². The number of hydrogen-bond acceptors (Lipinski definition) is 4. The molecule has 3 aliphatic heterocycles. The molecule has 3 atom stereocenters. The van der Waals surface area contributed by atoms with Gasteiger partial charge in [0.15, 0.2) is 0 Å². The zero-order chi connectivity index (χ0) is 14.9. The number of hydrogen-bond donors (Lipinski definition) is 1. The SMILES string of the molecule is CC1Cc2cccc3c2N1C(=O)C1C(O)=C(Br)C(=O)OC31. The van der Waals surface area contributed by atoms with Crippen molar-refractivity contribution in [3.63, 3.8) is 0 Å². The minimum atomic E-state index is -0.861. The van der Waals surface area contributed by atoms with Gasteiger partial charge in [0.25, 0.3) is 0 Å². The lowest BCUT2D eigenvalue weighted by Crippen LogP contribution is -2.48. The number of ether oxygens (including phenoxy) is 1. The summed E-state index contributed by atoms with van der Waals surface area (Å²) in [6.07, 6.45) is 0.0244. The molecule has 3 heterocycles. The molecule has 1 aromatic rings. The van der Waals surface area contributed by atoms with Gasteiger partial charge in [-0.05, 0) is 34.8 Å². The van der Waals surface area contributed by atoms with Crippen molar-refractivity contribution in [2.24, 2.45) is 5.92 Å². The predicted octanol–water partition coefficient (Wildman–Crippen LogP) is 2.36. The number of anilines is 1. The van der Waals surface area contributed by atoms with E-state index in [2.05, 4.69) is 15.9 Å². The summed E-state index contributed by atoms with van der Waals surface area (Å²) in [5.74, 6) is -1.96. The van der Waals surface area contributed by atoms with Gasteiger partial charge in [0.05, 0.1) is 5.69 Å². The molecule has 3 aliphatic rings. The summed E-state index contributed by atoms with van der Waals surface area (Å²) in [4.78, 5) is 26.3. The molecule has 1 N–H and O–H groups in total. The van der Waals surface area contributed by atoms with Crippen molar-refractivity contribution in [2.45, 2.75) is 25.5 Å². The second-order valence-electron chi connectivity index (χ2n) is 5.62. The first-order valence-electron chi connectivity index (χ1n) is 6.75. The number of benzene rings is 1. The molecule has 21 heavy (non-hydrogen) atoms. The van der Waals surface area contributed by atoms with E-state index < -0.39 is 18.0 Å². The summed E-state index contributed by atoms with van der Waals surface area (Å²) >= 11 is 3.00. The number of esters is 1. The summed E-state index contributed by atoms with van der Waals surface area (Å²) in [5, 5.41) is 10.2. The number of amides is 1. The summed E-state index contributed by atoms with van der Waals surface area (Å²) in [6.45, 7) is 1.98. The van der Waals surface area contributed by atoms with Crippen molar-refractivity contribution >= 4 is 33.5 Å². The van der Waals surface area contributed by atoms with E-state index in [1.54, 1.807) is 4.90 Å². The predicted molar refractivity (Wildman–Crippen MR) is 78.0 cm³/mol. The normalized spacial score (nSPS) is 30.2. The van der Waals surface area contributed by atoms with E-state index in [1.165, 1.54) is 0 Å². The van der Waals surface area contributed by atoms with Crippen LogP contribution in [0.4, 0.5) is 5.69 Å². The zero-order valence-corrected chi connectivity index (χ0v) is 12.8. The maximum absolute atomic E-state index is 12.8. The molecule has 0 saturated heterocycles. The van der Waals surface area contributed by atoms with Crippen LogP contribution in [0.15, 0.2) is 28.4 Å². The fourth-order valence-electron chi connectivity index (χ4n) is 3.52. The third kappa shape index (κ3) is 1.51. The number of para-hydroxylation sites is 1. The van der Waals surface area contributed by atoms with E-state index in [9.17, 15) is 14.7 Å². The van der Waals surface area contributed by atoms with Crippen LogP contribution in [0.25, 0.3) is 0 Å². The summed E-state index contributed by atoms with van der Waals surface area (Å²) in [6, 6.07) is 5.78. The number of fused-ring (bicyclic) bond motifs is 2. The second kappa shape index (κ2) is 4.10. The highest BCUT2D eigenvalue weighted by Gasteiger charge is 2.52. The largest absolute Gasteiger partial charge is 0.510 e. The van der Waals surface area contributed by atoms with E-state index in [-0.39, 0.29) is 22.2 Å². The minimum Gasteiger partial charge on any atom is -0.510 e. The molecule has 6 heteroatoms. The van der Waals surface area contributed by atoms with Crippen LogP contribution in [-0.4, -0.2) is 23.0 Å². The minimum absolute atomic E-state index is 0.0406. The van der Waals surface area contributed by atoms with Gasteiger partial charge in [0.2, 0.25) is 5.91 Å². The Balaban J connectivity index is 1.97. The fraction of sp³-hybridized carbons (Fsp3) is 0.333. The van der Waals surface area contributed by atoms with Crippen LogP contribution in [0.2, 0.25) is 0 Å². The number of aliphatic hydroxyl groups excluding tert-OH is 1. The highest BCUT2D eigenvalue weighted by atomic mass is 79.9. The van der Waals surface area contributed by atoms with Crippen LogP contribution in [0.5, 0.6) is 0 Å². The molecule has 0 saturated carbocycles. The lowest BCUT2D eigenvalue weighted by molar-refractivity contribution is -0.152. The quantitative estimate of drug-likeness (QED) is 0.730. The Hall–Kier alpha value is -1.82. The van der Waals surface area contributed by atoms with Crippen LogP contribution >= 0.6 is 15.9 Å². The number of aliphatic hydroxyl groups is 1. The van der Waals surface area contributed by atoms with Gasteiger partial charge in [0.1, 0.15) is 22.3 Å². The Morgan fingerprint density at radius 2 is 2.14 bits per heavy atom. The molecule has 0 spiro atoms. The van der Waals surface area contributed by atoms with Gasteiger partial charge in [-0.25, -0.2) is 4.79 Å². The van der Waals surface area contributed by atoms with Crippen LogP contribution in [0, 0.1) is 5.92 Å². The van der Waals surface area contributed by atoms with Gasteiger partial charge in [0, 0.05) is 11.6 Å². The van der Waals surface area contributed by atoms with Gasteiger partial charge < -0.3 is 14.7 Å². The molecule has 1 aromatic carbocycles. The second-order valence-corrected chi connectivity index (χ2v) is 6.41. The molecular formula is C15H12BrNO4. The number of nitrogens with zero attached hydrogens (tertiary/aromatic N) is 1. The first kappa shape index (κ1) is 12.9. The maximum atomic E-state index is 12.8. The Kier molecular flexibility index (Phi) is 2.52. The van der Waals surface area contributed by atoms with Gasteiger partial charge in [-0.3, -0.25) is 4.79 Å². The van der Waals surface area contributed by atoms with Gasteiger partial charge in [-0.2, -0.15) is 0 Å². The van der Waals surface area contributed by atoms with Crippen molar-refractivity contribution in [1.82, 2.24) is 0 Å². The van der Waals surface area contributed by atoms with Crippen LogP contribution in [0.1, 0.15) is 24.2 Å². The highest BCUT2D eigenvalue weighted by molar-refractivity contribution is 9.12. The van der Waals surface area contributed by atoms with E-state index in [0.29, 0.717) is 0 Å². The molecule has 1 amide bonds. The zero-order valence-electron chi connectivity index (χ0n) is 11.2. The molecule has 0 aromatic heterocycles. The number of carbonyl (C=O) groups excluding carboxylic acids is 2. The van der Waals surface area contributed by atoms with Gasteiger partial charge in [-0.1, -0.05) is 18.2 Å². The smallest absolute Gasteiger partial charge is 0.349 e. The lowest BCUT2D eigenvalue weighted by atomic mass is 9.85. The molecule has 108 valence electrons. The summed E-state index contributed by atoms with van der Waals surface area (Å²) in [5.41, 5.74) is 2.71. The van der Waals surface area contributed by atoms with E-state index >= 15 is 0 Å². The maximum Gasteiger partial charge on any atom is 0.349 e. The van der Waals surface area contributed by atoms with E-state index in [1.807, 2.05) is 25.1 Å². The van der Waals surface area contributed by atoms with Crippen LogP contribution < -0.4 is 4.90 Å². The molecule has 4 rings (SSSR count). The molecule has 0 bridgehead atoms. The monoisotopic (exact) mass is 349 g/mol. The number of halogens is 1. The van der Waals surface area contributed by atoms with Gasteiger partial charge >= 0.3 is 5.97 Å². The van der Waals surface area contributed by atoms with Crippen LogP contribution in [0.3, 0.4) is 0 Å². The van der Waals surface area contributed by atoms with Crippen LogP contribution in [-0.2, 0) is 20.7 Å². The number of rotatable bonds is 0. The van der Waals surface area contributed by atoms with Crippen molar-refractivity contribution in [3.8, 4) is 0 Å².